The molecule has 1 saturated carbocycles. The van der Waals surface area contributed by atoms with Crippen molar-refractivity contribution in [1.29, 1.82) is 0 Å². The summed E-state index contributed by atoms with van der Waals surface area (Å²) in [5.41, 5.74) is 5.35. The van der Waals surface area contributed by atoms with E-state index in [0.717, 1.165) is 0 Å². The van der Waals surface area contributed by atoms with Crippen molar-refractivity contribution in [1.82, 2.24) is 0 Å². The van der Waals surface area contributed by atoms with Gasteiger partial charge < -0.3 is 10.5 Å². The van der Waals surface area contributed by atoms with Gasteiger partial charge in [0, 0.05) is 11.1 Å². The van der Waals surface area contributed by atoms with E-state index in [1.165, 1.54) is 13.2 Å². The van der Waals surface area contributed by atoms with E-state index in [4.69, 9.17) is 10.5 Å². The molecule has 5 heteroatoms. The van der Waals surface area contributed by atoms with Crippen LogP contribution >= 0.6 is 15.9 Å². The van der Waals surface area contributed by atoms with E-state index in [1.807, 2.05) is 0 Å². The second kappa shape index (κ2) is 3.42. The molecule has 1 aliphatic rings. The molecule has 2 nitrogen and oxygen atoms in total. The maximum Gasteiger partial charge on any atom is 0.202 e. The molecule has 0 aromatic heterocycles. The molecule has 1 aliphatic carbocycles. The average Bonchev–Trinajstić information content (AvgIpc) is 2.92. The Kier molecular flexibility index (Phi) is 2.47. The minimum atomic E-state index is -0.987. The molecule has 15 heavy (non-hydrogen) atoms. The maximum absolute atomic E-state index is 13.6. The van der Waals surface area contributed by atoms with Crippen LogP contribution in [0.5, 0.6) is 5.75 Å². The quantitative estimate of drug-likeness (QED) is 0.844. The number of nitrogens with two attached hydrogens (primary N) is 1. The van der Waals surface area contributed by atoms with Crippen molar-refractivity contribution in [3.8, 4) is 5.75 Å². The molecule has 82 valence electrons. The highest BCUT2D eigenvalue weighted by atomic mass is 79.9. The molecule has 0 unspecified atom stereocenters. The Balaban J connectivity index is 2.59. The van der Waals surface area contributed by atoms with Crippen LogP contribution in [0.4, 0.5) is 8.78 Å². The molecule has 1 fully saturated rings. The topological polar surface area (TPSA) is 35.2 Å². The summed E-state index contributed by atoms with van der Waals surface area (Å²) in [6.45, 7) is 0. The standard InChI is InChI=1S/C10H10BrF2NO/c1-15-9-6(11)4-5(7(12)8(9)13)10(14)2-3-10/h4H,2-3,14H2,1H3. The largest absolute Gasteiger partial charge is 0.492 e. The lowest BCUT2D eigenvalue weighted by Gasteiger charge is -2.14. The molecular weight excluding hydrogens is 268 g/mol. The maximum atomic E-state index is 13.6. The molecule has 1 aromatic rings. The summed E-state index contributed by atoms with van der Waals surface area (Å²) in [7, 11) is 1.29. The summed E-state index contributed by atoms with van der Waals surface area (Å²) in [5.74, 6) is -2.02. The van der Waals surface area contributed by atoms with Crippen LogP contribution in [0, 0.1) is 11.6 Å². The Morgan fingerprint density at radius 2 is 2.00 bits per heavy atom. The molecule has 0 atom stereocenters. The molecule has 2 N–H and O–H groups in total. The van der Waals surface area contributed by atoms with E-state index in [2.05, 4.69) is 15.9 Å². The van der Waals surface area contributed by atoms with Crippen LogP contribution in [0.1, 0.15) is 18.4 Å². The summed E-state index contributed by atoms with van der Waals surface area (Å²) in [4.78, 5) is 0. The normalized spacial score (nSPS) is 17.7. The first-order chi connectivity index (χ1) is 6.99. The van der Waals surface area contributed by atoms with Crippen LogP contribution in [0.25, 0.3) is 0 Å². The zero-order valence-electron chi connectivity index (χ0n) is 8.11. The lowest BCUT2D eigenvalue weighted by atomic mass is 10.0. The minimum absolute atomic E-state index is 0.125. The fourth-order valence-corrected chi connectivity index (χ4v) is 2.10. The number of ether oxygens (including phenoxy) is 1. The Labute approximate surface area is 94.5 Å². The third-order valence-corrected chi connectivity index (χ3v) is 3.23. The molecule has 0 aliphatic heterocycles. The van der Waals surface area contributed by atoms with Gasteiger partial charge in [0.05, 0.1) is 11.6 Å². The zero-order chi connectivity index (χ0) is 11.2. The van der Waals surface area contributed by atoms with Crippen LogP contribution in [0.15, 0.2) is 10.5 Å². The van der Waals surface area contributed by atoms with Crippen molar-refractivity contribution < 1.29 is 13.5 Å². The molecular formula is C10H10BrF2NO. The first-order valence-corrected chi connectivity index (χ1v) is 5.30. The van der Waals surface area contributed by atoms with E-state index in [9.17, 15) is 8.78 Å². The lowest BCUT2D eigenvalue weighted by Crippen LogP contribution is -2.21. The van der Waals surface area contributed by atoms with Crippen LogP contribution in [0.3, 0.4) is 0 Å². The Hall–Kier alpha value is -0.680. The van der Waals surface area contributed by atoms with E-state index in [1.54, 1.807) is 0 Å². The fourth-order valence-electron chi connectivity index (χ4n) is 1.53. The Morgan fingerprint density at radius 1 is 1.40 bits per heavy atom. The highest BCUT2D eigenvalue weighted by molar-refractivity contribution is 9.10. The van der Waals surface area contributed by atoms with Gasteiger partial charge in [-0.05, 0) is 34.8 Å². The van der Waals surface area contributed by atoms with E-state index in [0.29, 0.717) is 17.3 Å². The van der Waals surface area contributed by atoms with Crippen molar-refractivity contribution in [3.05, 3.63) is 27.7 Å². The number of hydrogen-bond donors (Lipinski definition) is 1. The van der Waals surface area contributed by atoms with Gasteiger partial charge in [-0.25, -0.2) is 4.39 Å². The third kappa shape index (κ3) is 1.63. The number of methoxy groups -OCH3 is 1. The third-order valence-electron chi connectivity index (χ3n) is 2.65. The summed E-state index contributed by atoms with van der Waals surface area (Å²) < 4.78 is 32.2. The highest BCUT2D eigenvalue weighted by Crippen LogP contribution is 2.46. The number of halogens is 3. The van der Waals surface area contributed by atoms with Gasteiger partial charge in [0.25, 0.3) is 0 Å². The van der Waals surface area contributed by atoms with Gasteiger partial charge in [-0.1, -0.05) is 0 Å². The minimum Gasteiger partial charge on any atom is -0.492 e. The molecule has 0 spiro atoms. The van der Waals surface area contributed by atoms with Crippen LogP contribution in [-0.4, -0.2) is 7.11 Å². The van der Waals surface area contributed by atoms with Crippen molar-refractivity contribution in [3.63, 3.8) is 0 Å². The van der Waals surface area contributed by atoms with Crippen LogP contribution in [-0.2, 0) is 5.54 Å². The van der Waals surface area contributed by atoms with Gasteiger partial charge >= 0.3 is 0 Å². The van der Waals surface area contributed by atoms with Crippen LogP contribution < -0.4 is 10.5 Å². The lowest BCUT2D eigenvalue weighted by molar-refractivity contribution is 0.365. The fraction of sp³-hybridized carbons (Fsp3) is 0.400. The molecule has 0 saturated heterocycles. The summed E-state index contributed by atoms with van der Waals surface area (Å²) in [5, 5.41) is 0. The van der Waals surface area contributed by atoms with Crippen molar-refractivity contribution in [2.45, 2.75) is 18.4 Å². The Bertz CT molecular complexity index is 418. The molecule has 0 amide bonds. The van der Waals surface area contributed by atoms with Crippen LogP contribution in [0.2, 0.25) is 0 Å². The van der Waals surface area contributed by atoms with Gasteiger partial charge in [0.1, 0.15) is 0 Å². The first kappa shape index (κ1) is 10.8. The summed E-state index contributed by atoms with van der Waals surface area (Å²) in [6.07, 6.45) is 1.37. The van der Waals surface area contributed by atoms with Gasteiger partial charge in [-0.15, -0.1) is 0 Å². The van der Waals surface area contributed by atoms with E-state index >= 15 is 0 Å². The molecule has 1 aromatic carbocycles. The second-order valence-corrected chi connectivity index (χ2v) is 4.58. The average molecular weight is 278 g/mol. The molecule has 0 bridgehead atoms. The van der Waals surface area contributed by atoms with Crippen molar-refractivity contribution in [2.75, 3.05) is 7.11 Å². The van der Waals surface area contributed by atoms with Gasteiger partial charge in [0.15, 0.2) is 11.6 Å². The molecule has 0 heterocycles. The number of hydrogen-bond acceptors (Lipinski definition) is 2. The predicted molar refractivity (Wildman–Crippen MR) is 55.7 cm³/mol. The Morgan fingerprint density at radius 3 is 2.47 bits per heavy atom. The summed E-state index contributed by atoms with van der Waals surface area (Å²) in [6, 6.07) is 1.49. The SMILES string of the molecule is COc1c(Br)cc(C2(N)CC2)c(F)c1F. The van der Waals surface area contributed by atoms with Gasteiger partial charge in [0.2, 0.25) is 5.82 Å². The van der Waals surface area contributed by atoms with E-state index < -0.39 is 17.2 Å². The molecule has 0 radical (unpaired) electrons. The summed E-state index contributed by atoms with van der Waals surface area (Å²) >= 11 is 3.13. The smallest absolute Gasteiger partial charge is 0.202 e. The first-order valence-electron chi connectivity index (χ1n) is 4.50. The highest BCUT2D eigenvalue weighted by Gasteiger charge is 2.43. The number of benzene rings is 1. The number of rotatable bonds is 2. The predicted octanol–water partition coefficient (Wildman–Crippen LogP) is 2.68. The van der Waals surface area contributed by atoms with Gasteiger partial charge in [-0.2, -0.15) is 4.39 Å². The van der Waals surface area contributed by atoms with Crippen molar-refractivity contribution >= 4 is 15.9 Å². The van der Waals surface area contributed by atoms with Crippen molar-refractivity contribution in [2.24, 2.45) is 5.73 Å². The van der Waals surface area contributed by atoms with Gasteiger partial charge in [-0.3, -0.25) is 0 Å². The zero-order valence-corrected chi connectivity index (χ0v) is 9.70. The monoisotopic (exact) mass is 277 g/mol. The van der Waals surface area contributed by atoms with E-state index in [-0.39, 0.29) is 11.3 Å². The second-order valence-electron chi connectivity index (χ2n) is 3.72. The molecule has 2 rings (SSSR count).